The van der Waals surface area contributed by atoms with Gasteiger partial charge in [-0.05, 0) is 89.7 Å². The Hall–Kier alpha value is -0.550. The molecule has 0 saturated heterocycles. The first-order chi connectivity index (χ1) is 11.0. The first-order valence-corrected chi connectivity index (χ1v) is 10.1. The van der Waals surface area contributed by atoms with Gasteiger partial charge in [-0.2, -0.15) is 0 Å². The molecule has 124 valence electrons. The quantitative estimate of drug-likeness (QED) is 0.628. The molecular formula is C20H25IO2. The molecule has 2 saturated carbocycles. The molecule has 0 amide bonds. The molecule has 0 spiro atoms. The summed E-state index contributed by atoms with van der Waals surface area (Å²) in [6.07, 6.45) is 8.61. The van der Waals surface area contributed by atoms with E-state index < -0.39 is 5.60 Å². The summed E-state index contributed by atoms with van der Waals surface area (Å²) < 4.78 is 2.00. The van der Waals surface area contributed by atoms with Crippen LogP contribution in [0.2, 0.25) is 0 Å². The number of hydrogen-bond acceptors (Lipinski definition) is 2. The number of hydrogen-bond donors (Lipinski definition) is 2. The van der Waals surface area contributed by atoms with Crippen LogP contribution in [-0.4, -0.2) is 15.8 Å². The van der Waals surface area contributed by atoms with E-state index in [4.69, 9.17) is 0 Å². The van der Waals surface area contributed by atoms with Gasteiger partial charge in [0, 0.05) is 5.41 Å². The van der Waals surface area contributed by atoms with E-state index in [1.807, 2.05) is 22.3 Å². The molecule has 4 rings (SSSR count). The third-order valence-electron chi connectivity index (χ3n) is 7.26. The number of benzene rings is 1. The number of phenolic OH excluding ortho intramolecular Hbond substituents is 1. The van der Waals surface area contributed by atoms with Crippen LogP contribution in [0.1, 0.15) is 56.1 Å². The van der Waals surface area contributed by atoms with Gasteiger partial charge in [0.25, 0.3) is 0 Å². The Bertz CT molecular complexity index is 655. The minimum Gasteiger partial charge on any atom is -0.508 e. The lowest BCUT2D eigenvalue weighted by Gasteiger charge is -2.52. The fraction of sp³-hybridized carbons (Fsp3) is 0.600. The van der Waals surface area contributed by atoms with Gasteiger partial charge in [0.05, 0.1) is 5.60 Å². The van der Waals surface area contributed by atoms with E-state index >= 15 is 0 Å². The number of rotatable bonds is 1. The summed E-state index contributed by atoms with van der Waals surface area (Å²) in [5, 5.41) is 21.0. The Labute approximate surface area is 152 Å². The fourth-order valence-electron chi connectivity index (χ4n) is 6.00. The summed E-state index contributed by atoms with van der Waals surface area (Å²) in [5.41, 5.74) is 2.19. The lowest BCUT2D eigenvalue weighted by molar-refractivity contribution is -0.0708. The zero-order chi connectivity index (χ0) is 16.2. The molecule has 3 aliphatic carbocycles. The summed E-state index contributed by atoms with van der Waals surface area (Å²) in [4.78, 5) is 0. The topological polar surface area (TPSA) is 40.5 Å². The Balaban J connectivity index is 1.70. The largest absolute Gasteiger partial charge is 0.508 e. The maximum atomic E-state index is 11.2. The zero-order valence-electron chi connectivity index (χ0n) is 13.6. The second-order valence-corrected chi connectivity index (χ2v) is 8.73. The molecule has 2 fully saturated rings. The van der Waals surface area contributed by atoms with Gasteiger partial charge < -0.3 is 10.2 Å². The first kappa shape index (κ1) is 15.9. The average molecular weight is 424 g/mol. The Kier molecular flexibility index (Phi) is 3.80. The molecule has 0 heterocycles. The van der Waals surface area contributed by atoms with Gasteiger partial charge >= 0.3 is 0 Å². The van der Waals surface area contributed by atoms with Crippen LogP contribution in [-0.2, 0) is 6.42 Å². The predicted molar refractivity (Wildman–Crippen MR) is 101 cm³/mol. The van der Waals surface area contributed by atoms with Crippen molar-refractivity contribution in [1.29, 1.82) is 0 Å². The zero-order valence-corrected chi connectivity index (χ0v) is 15.8. The molecule has 0 aliphatic heterocycles. The van der Waals surface area contributed by atoms with E-state index in [1.165, 1.54) is 17.5 Å². The van der Waals surface area contributed by atoms with Crippen LogP contribution in [0.15, 0.2) is 28.4 Å². The minimum absolute atomic E-state index is 0.0181. The smallest absolute Gasteiger partial charge is 0.115 e. The molecule has 2 nitrogen and oxygen atoms in total. The molecule has 3 heteroatoms. The number of halogens is 1. The summed E-state index contributed by atoms with van der Waals surface area (Å²) in [5.74, 6) is 2.30. The molecule has 2 N–H and O–H groups in total. The van der Waals surface area contributed by atoms with Gasteiger partial charge in [0.2, 0.25) is 0 Å². The maximum absolute atomic E-state index is 11.2. The molecule has 3 aliphatic rings. The lowest BCUT2D eigenvalue weighted by Crippen LogP contribution is -2.49. The van der Waals surface area contributed by atoms with Gasteiger partial charge in [-0.25, -0.2) is 0 Å². The average Bonchev–Trinajstić information content (AvgIpc) is 2.79. The summed E-state index contributed by atoms with van der Waals surface area (Å²) in [7, 11) is 0. The van der Waals surface area contributed by atoms with Crippen molar-refractivity contribution in [3.8, 4) is 5.75 Å². The van der Waals surface area contributed by atoms with E-state index in [1.54, 1.807) is 0 Å². The minimum atomic E-state index is -0.626. The molecule has 0 radical (unpaired) electrons. The third-order valence-corrected chi connectivity index (χ3v) is 7.62. The lowest BCUT2D eigenvalue weighted by atomic mass is 9.53. The van der Waals surface area contributed by atoms with Crippen LogP contribution >= 0.6 is 22.6 Å². The van der Waals surface area contributed by atoms with E-state index in [0.29, 0.717) is 23.5 Å². The first-order valence-electron chi connectivity index (χ1n) is 8.80. The third kappa shape index (κ3) is 2.22. The van der Waals surface area contributed by atoms with Crippen molar-refractivity contribution in [3.63, 3.8) is 0 Å². The van der Waals surface area contributed by atoms with Crippen LogP contribution in [0.4, 0.5) is 0 Å². The van der Waals surface area contributed by atoms with Crippen molar-refractivity contribution in [3.05, 3.63) is 39.5 Å². The number of phenols is 1. The molecule has 1 aromatic rings. The fourth-order valence-corrected chi connectivity index (χ4v) is 6.59. The SMILES string of the molecule is C[C@]12CC[C@@H]3c4ccc(O)cc4CC[C@@H]3[C@@H]1CC[C@@]2(O)/C=C/I. The highest BCUT2D eigenvalue weighted by molar-refractivity contribution is 14.1. The molecule has 5 atom stereocenters. The van der Waals surface area contributed by atoms with Crippen molar-refractivity contribution >= 4 is 22.6 Å². The van der Waals surface area contributed by atoms with Crippen LogP contribution in [0, 0.1) is 17.3 Å². The highest BCUT2D eigenvalue weighted by atomic mass is 127. The number of aliphatic hydroxyl groups is 1. The van der Waals surface area contributed by atoms with E-state index in [2.05, 4.69) is 35.6 Å². The Morgan fingerprint density at radius 2 is 2.04 bits per heavy atom. The highest BCUT2D eigenvalue weighted by Crippen LogP contribution is 2.64. The Morgan fingerprint density at radius 3 is 2.83 bits per heavy atom. The molecule has 0 aromatic heterocycles. The second-order valence-electron chi connectivity index (χ2n) is 8.01. The normalized spacial score (nSPS) is 42.3. The van der Waals surface area contributed by atoms with Crippen LogP contribution in [0.5, 0.6) is 5.75 Å². The molecule has 1 aromatic carbocycles. The van der Waals surface area contributed by atoms with E-state index in [0.717, 1.165) is 32.1 Å². The second kappa shape index (κ2) is 5.48. The Morgan fingerprint density at radius 1 is 1.22 bits per heavy atom. The molecule has 0 bridgehead atoms. The van der Waals surface area contributed by atoms with Crippen LogP contribution < -0.4 is 0 Å². The standard InChI is InChI=1S/C20H25IO2/c1-19-8-6-16-15-5-3-14(22)12-13(15)2-4-17(16)18(19)7-9-20(19,23)10-11-21/h3,5,10-12,16-18,22-23H,2,4,6-9H2,1H3/b11-10+/t16-,17+,18+,19+,20-/m1/s1. The maximum Gasteiger partial charge on any atom is 0.115 e. The van der Waals surface area contributed by atoms with Gasteiger partial charge in [-0.3, -0.25) is 0 Å². The number of aryl methyl sites for hydroxylation is 1. The molecular weight excluding hydrogens is 399 g/mol. The number of fused-ring (bicyclic) bond motifs is 5. The van der Waals surface area contributed by atoms with Crippen molar-refractivity contribution in [2.24, 2.45) is 17.3 Å². The van der Waals surface area contributed by atoms with Crippen LogP contribution in [0.3, 0.4) is 0 Å². The van der Waals surface area contributed by atoms with E-state index in [9.17, 15) is 10.2 Å². The van der Waals surface area contributed by atoms with Crippen molar-refractivity contribution in [2.45, 2.75) is 57.0 Å². The van der Waals surface area contributed by atoms with Crippen molar-refractivity contribution in [2.75, 3.05) is 0 Å². The summed E-state index contributed by atoms with van der Waals surface area (Å²) in [6, 6.07) is 5.96. The van der Waals surface area contributed by atoms with Crippen molar-refractivity contribution in [1.82, 2.24) is 0 Å². The van der Waals surface area contributed by atoms with Gasteiger partial charge in [0.15, 0.2) is 0 Å². The van der Waals surface area contributed by atoms with Crippen molar-refractivity contribution < 1.29 is 10.2 Å². The molecule has 23 heavy (non-hydrogen) atoms. The van der Waals surface area contributed by atoms with Gasteiger partial charge in [-0.1, -0.05) is 35.6 Å². The monoisotopic (exact) mass is 424 g/mol. The summed E-state index contributed by atoms with van der Waals surface area (Å²) in [6.45, 7) is 2.32. The van der Waals surface area contributed by atoms with Gasteiger partial charge in [0.1, 0.15) is 5.75 Å². The number of aromatic hydroxyl groups is 1. The van der Waals surface area contributed by atoms with Crippen LogP contribution in [0.25, 0.3) is 0 Å². The van der Waals surface area contributed by atoms with E-state index in [-0.39, 0.29) is 5.41 Å². The molecule has 0 unspecified atom stereocenters. The summed E-state index contributed by atoms with van der Waals surface area (Å²) >= 11 is 2.23. The van der Waals surface area contributed by atoms with Gasteiger partial charge in [-0.15, -0.1) is 0 Å². The highest BCUT2D eigenvalue weighted by Gasteiger charge is 2.60. The predicted octanol–water partition coefficient (Wildman–Crippen LogP) is 4.93.